The van der Waals surface area contributed by atoms with E-state index in [2.05, 4.69) is 0 Å². The molecule has 3 heteroatoms. The fraction of sp³-hybridized carbons (Fsp3) is 1.00. The lowest BCUT2D eigenvalue weighted by molar-refractivity contribution is 0.353. The van der Waals surface area contributed by atoms with E-state index in [-0.39, 0.29) is 0 Å². The first-order valence-electron chi connectivity index (χ1n) is 3.60. The zero-order valence-corrected chi connectivity index (χ0v) is 7.65. The predicted octanol–water partition coefficient (Wildman–Crippen LogP) is 2.76. The van der Waals surface area contributed by atoms with Crippen molar-refractivity contribution in [2.75, 3.05) is 12.8 Å². The van der Waals surface area contributed by atoms with Crippen LogP contribution in [-0.2, 0) is 4.52 Å². The summed E-state index contributed by atoms with van der Waals surface area (Å²) in [6.07, 6.45) is 6.96. The normalized spacial score (nSPS) is 29.3. The van der Waals surface area contributed by atoms with Crippen LogP contribution in [0.3, 0.4) is 0 Å². The Bertz CT molecular complexity index is 39.5. The summed E-state index contributed by atoms with van der Waals surface area (Å²) in [5, 5.41) is 0. The van der Waals surface area contributed by atoms with E-state index >= 15 is 0 Å². The summed E-state index contributed by atoms with van der Waals surface area (Å²) in [4.78, 5) is 0. The summed E-state index contributed by atoms with van der Waals surface area (Å²) >= 11 is 0. The van der Waals surface area contributed by atoms with Crippen molar-refractivity contribution in [2.24, 2.45) is 0 Å². The van der Waals surface area contributed by atoms with Crippen molar-refractivity contribution in [1.29, 1.82) is 0 Å². The Labute approximate surface area is 60.5 Å². The van der Waals surface area contributed by atoms with Gasteiger partial charge in [-0.05, 0) is 19.0 Å². The molecule has 0 radical (unpaired) electrons. The molecule has 1 aliphatic rings. The lowest BCUT2D eigenvalue weighted by Crippen LogP contribution is -1.83. The number of hydrogen-bond acceptors (Lipinski definition) is 1. The van der Waals surface area contributed by atoms with Crippen LogP contribution in [0.15, 0.2) is 0 Å². The highest BCUT2D eigenvalue weighted by atomic mass is 32.0. The van der Waals surface area contributed by atoms with Gasteiger partial charge in [0.2, 0.25) is 0 Å². The maximum Gasteiger partial charge on any atom is 0.0509 e. The lowest BCUT2D eigenvalue weighted by atomic mass is 10.2. The van der Waals surface area contributed by atoms with Crippen molar-refractivity contribution >= 4 is 16.8 Å². The van der Waals surface area contributed by atoms with Gasteiger partial charge in [0.05, 0.1) is 6.61 Å². The minimum atomic E-state index is 0.814. The third-order valence-electron chi connectivity index (χ3n) is 1.44. The topological polar surface area (TPSA) is 9.23 Å². The first-order valence-corrected chi connectivity index (χ1v) is 6.71. The van der Waals surface area contributed by atoms with E-state index in [1.165, 1.54) is 31.8 Å². The molecule has 54 valence electrons. The van der Waals surface area contributed by atoms with Crippen LogP contribution in [0.1, 0.15) is 25.7 Å². The second kappa shape index (κ2) is 5.59. The van der Waals surface area contributed by atoms with Gasteiger partial charge in [-0.15, -0.1) is 0 Å². The molecule has 1 rings (SSSR count). The van der Waals surface area contributed by atoms with E-state index in [0.717, 1.165) is 23.4 Å². The highest BCUT2D eigenvalue weighted by molar-refractivity contribution is 8.09. The molecule has 2 unspecified atom stereocenters. The molecule has 1 fully saturated rings. The number of hydrogen-bond donors (Lipinski definition) is 0. The van der Waals surface area contributed by atoms with Crippen LogP contribution in [0.4, 0.5) is 0 Å². The summed E-state index contributed by atoms with van der Waals surface area (Å²) < 4.78 is 5.39. The second-order valence-electron chi connectivity index (χ2n) is 2.29. The third kappa shape index (κ3) is 4.25. The molecule has 0 amide bonds. The molecule has 0 aromatic rings. The molecule has 0 aromatic heterocycles. The van der Waals surface area contributed by atoms with Crippen LogP contribution in [0.2, 0.25) is 0 Å². The average Bonchev–Trinajstić information content (AvgIpc) is 2.00. The highest BCUT2D eigenvalue weighted by Crippen LogP contribution is 2.39. The molecule has 0 saturated carbocycles. The van der Waals surface area contributed by atoms with Gasteiger partial charge < -0.3 is 4.52 Å². The molecule has 1 nitrogen and oxygen atoms in total. The second-order valence-corrected chi connectivity index (χ2v) is 5.31. The van der Waals surface area contributed by atoms with E-state index in [1.54, 1.807) is 0 Å². The van der Waals surface area contributed by atoms with Crippen LogP contribution in [-0.4, -0.2) is 12.8 Å². The quantitative estimate of drug-likeness (QED) is 0.500. The number of rotatable bonds is 0. The zero-order chi connectivity index (χ0) is 6.36. The monoisotopic (exact) mass is 164 g/mol. The van der Waals surface area contributed by atoms with Crippen LogP contribution in [0, 0.1) is 0 Å². The van der Waals surface area contributed by atoms with Gasteiger partial charge in [0, 0.05) is 8.50 Å². The summed E-state index contributed by atoms with van der Waals surface area (Å²) in [5.41, 5.74) is 0. The first-order chi connectivity index (χ1) is 4.50. The van der Waals surface area contributed by atoms with Gasteiger partial charge in [-0.1, -0.05) is 21.1 Å². The Morgan fingerprint density at radius 3 is 2.89 bits per heavy atom. The summed E-state index contributed by atoms with van der Waals surface area (Å²) in [7, 11) is 1.91. The Morgan fingerprint density at radius 2 is 1.89 bits per heavy atom. The molecule has 0 aliphatic carbocycles. The molecule has 1 aliphatic heterocycles. The van der Waals surface area contributed by atoms with E-state index in [0.29, 0.717) is 0 Å². The van der Waals surface area contributed by atoms with Gasteiger partial charge in [-0.3, -0.25) is 0 Å². The van der Waals surface area contributed by atoms with Crippen LogP contribution in [0.5, 0.6) is 0 Å². The van der Waals surface area contributed by atoms with Crippen molar-refractivity contribution in [3.8, 4) is 0 Å². The smallest absolute Gasteiger partial charge is 0.0509 e. The van der Waals surface area contributed by atoms with Crippen LogP contribution >= 0.6 is 16.8 Å². The average molecular weight is 164 g/mol. The van der Waals surface area contributed by atoms with Crippen LogP contribution < -0.4 is 0 Å². The minimum Gasteiger partial charge on any atom is -0.358 e. The lowest BCUT2D eigenvalue weighted by Gasteiger charge is -1.97. The van der Waals surface area contributed by atoms with Gasteiger partial charge >= 0.3 is 0 Å². The van der Waals surface area contributed by atoms with Crippen molar-refractivity contribution in [3.05, 3.63) is 0 Å². The molecule has 0 spiro atoms. The van der Waals surface area contributed by atoms with Gasteiger partial charge in [-0.25, -0.2) is 0 Å². The standard InChI is InChI=1S/C6H14OP2/c1-2-4-6-8-9-7-5-3-1/h8-9H,1-6H2. The van der Waals surface area contributed by atoms with Crippen molar-refractivity contribution in [3.63, 3.8) is 0 Å². The maximum absolute atomic E-state index is 5.39. The molecule has 2 atom stereocenters. The Morgan fingerprint density at radius 1 is 1.00 bits per heavy atom. The summed E-state index contributed by atoms with van der Waals surface area (Å²) in [6.45, 7) is 1.02. The van der Waals surface area contributed by atoms with Gasteiger partial charge in [0.25, 0.3) is 0 Å². The molecular formula is C6H14OP2. The fourth-order valence-electron chi connectivity index (χ4n) is 0.894. The summed E-state index contributed by atoms with van der Waals surface area (Å²) in [5.74, 6) is 0. The van der Waals surface area contributed by atoms with E-state index in [1.807, 2.05) is 0 Å². The Hall–Kier alpha value is 0.820. The molecular weight excluding hydrogens is 150 g/mol. The SMILES string of the molecule is C1CCCPPOCC1. The largest absolute Gasteiger partial charge is 0.358 e. The Balaban J connectivity index is 2.02. The van der Waals surface area contributed by atoms with Gasteiger partial charge in [0.15, 0.2) is 0 Å². The Kier molecular flexibility index (Phi) is 4.92. The van der Waals surface area contributed by atoms with Crippen molar-refractivity contribution in [2.45, 2.75) is 25.7 Å². The van der Waals surface area contributed by atoms with Gasteiger partial charge in [-0.2, -0.15) is 0 Å². The zero-order valence-electron chi connectivity index (χ0n) is 5.65. The van der Waals surface area contributed by atoms with Crippen molar-refractivity contribution in [1.82, 2.24) is 0 Å². The first kappa shape index (κ1) is 7.92. The third-order valence-corrected chi connectivity index (χ3v) is 4.15. The van der Waals surface area contributed by atoms with Gasteiger partial charge in [0.1, 0.15) is 0 Å². The molecule has 0 N–H and O–H groups in total. The predicted molar refractivity (Wildman–Crippen MR) is 45.9 cm³/mol. The van der Waals surface area contributed by atoms with E-state index < -0.39 is 0 Å². The molecule has 1 heterocycles. The van der Waals surface area contributed by atoms with E-state index in [4.69, 9.17) is 4.52 Å². The molecule has 9 heavy (non-hydrogen) atoms. The fourth-order valence-corrected chi connectivity index (χ4v) is 3.22. The molecule has 1 saturated heterocycles. The van der Waals surface area contributed by atoms with E-state index in [9.17, 15) is 0 Å². The minimum absolute atomic E-state index is 0.814. The van der Waals surface area contributed by atoms with Crippen LogP contribution in [0.25, 0.3) is 0 Å². The molecule has 0 bridgehead atoms. The van der Waals surface area contributed by atoms with Crippen molar-refractivity contribution < 1.29 is 4.52 Å². The molecule has 0 aromatic carbocycles. The highest BCUT2D eigenvalue weighted by Gasteiger charge is 1.95. The maximum atomic E-state index is 5.39. The summed E-state index contributed by atoms with van der Waals surface area (Å²) in [6, 6.07) is 0.